The second-order valence-electron chi connectivity index (χ2n) is 5.66. The number of rotatable bonds is 2. The molecule has 3 heterocycles. The maximum absolute atomic E-state index is 6.05. The Hall–Kier alpha value is -0.750. The van der Waals surface area contributed by atoms with Crippen LogP contribution in [-0.2, 0) is 4.74 Å². The van der Waals surface area contributed by atoms with Crippen molar-refractivity contribution in [3.05, 3.63) is 39.1 Å². The van der Waals surface area contributed by atoms with Gasteiger partial charge in [-0.3, -0.25) is 4.90 Å². The monoisotopic (exact) mass is 364 g/mol. The van der Waals surface area contributed by atoms with Gasteiger partial charge in [0.05, 0.1) is 12.3 Å². The summed E-state index contributed by atoms with van der Waals surface area (Å²) in [6.07, 6.45) is 2.73. The van der Waals surface area contributed by atoms with Gasteiger partial charge in [0.25, 0.3) is 0 Å². The van der Waals surface area contributed by atoms with Crippen LogP contribution >= 0.6 is 27.3 Å². The van der Waals surface area contributed by atoms with Crippen molar-refractivity contribution in [3.63, 3.8) is 0 Å². The fourth-order valence-electron chi connectivity index (χ4n) is 3.19. The van der Waals surface area contributed by atoms with Crippen LogP contribution in [0.2, 0.25) is 0 Å². The van der Waals surface area contributed by atoms with Crippen LogP contribution in [0.4, 0.5) is 0 Å². The Bertz CT molecular complexity index is 645. The maximum atomic E-state index is 6.05. The molecule has 2 fully saturated rings. The van der Waals surface area contributed by atoms with E-state index in [2.05, 4.69) is 38.3 Å². The molecule has 0 N–H and O–H groups in total. The molecule has 0 amide bonds. The first-order chi connectivity index (χ1) is 10.3. The molecule has 3 nitrogen and oxygen atoms in total. The number of halogens is 1. The molecule has 0 bridgehead atoms. The van der Waals surface area contributed by atoms with E-state index in [9.17, 15) is 0 Å². The van der Waals surface area contributed by atoms with Crippen molar-refractivity contribution in [2.75, 3.05) is 19.7 Å². The molecule has 5 heteroatoms. The summed E-state index contributed by atoms with van der Waals surface area (Å²) in [6.45, 7) is 3.06. The molecule has 1 aromatic carbocycles. The van der Waals surface area contributed by atoms with E-state index in [4.69, 9.17) is 9.72 Å². The van der Waals surface area contributed by atoms with Crippen molar-refractivity contribution in [1.82, 2.24) is 9.88 Å². The molecule has 2 saturated heterocycles. The van der Waals surface area contributed by atoms with Crippen molar-refractivity contribution in [2.45, 2.75) is 25.0 Å². The number of nitrogens with zero attached hydrogens (tertiary/aromatic N) is 2. The lowest BCUT2D eigenvalue weighted by molar-refractivity contribution is -0.0502. The number of morpholine rings is 1. The van der Waals surface area contributed by atoms with Gasteiger partial charge in [-0.1, -0.05) is 34.1 Å². The molecule has 0 aliphatic carbocycles. The van der Waals surface area contributed by atoms with Crippen LogP contribution < -0.4 is 0 Å². The molecule has 0 spiro atoms. The molecule has 0 saturated carbocycles. The molecule has 2 unspecified atom stereocenters. The summed E-state index contributed by atoms with van der Waals surface area (Å²) in [5.74, 6) is 0. The zero-order valence-corrected chi connectivity index (χ0v) is 14.1. The van der Waals surface area contributed by atoms with E-state index in [0.29, 0.717) is 6.04 Å². The Morgan fingerprint density at radius 3 is 3.14 bits per heavy atom. The number of hydrogen-bond donors (Lipinski definition) is 0. The van der Waals surface area contributed by atoms with Crippen LogP contribution in [-0.4, -0.2) is 35.6 Å². The van der Waals surface area contributed by atoms with E-state index in [1.807, 2.05) is 12.1 Å². The van der Waals surface area contributed by atoms with Gasteiger partial charge in [0.1, 0.15) is 11.1 Å². The number of fused-ring (bicyclic) bond motifs is 1. The lowest BCUT2D eigenvalue weighted by Gasteiger charge is -2.34. The summed E-state index contributed by atoms with van der Waals surface area (Å²) in [5.41, 5.74) is 2.18. The Morgan fingerprint density at radius 2 is 2.24 bits per heavy atom. The molecule has 0 radical (unpaired) electrons. The Balaban J connectivity index is 1.56. The highest BCUT2D eigenvalue weighted by atomic mass is 79.9. The van der Waals surface area contributed by atoms with Crippen molar-refractivity contribution in [2.24, 2.45) is 0 Å². The quantitative estimate of drug-likeness (QED) is 0.801. The van der Waals surface area contributed by atoms with Crippen LogP contribution in [0.1, 0.15) is 24.0 Å². The molecule has 21 heavy (non-hydrogen) atoms. The molecule has 1 aromatic heterocycles. The topological polar surface area (TPSA) is 25.4 Å². The SMILES string of the molecule is Brc1ccccc1-c1csc(C2CN3CCCC3CO2)n1. The predicted molar refractivity (Wildman–Crippen MR) is 88.5 cm³/mol. The Kier molecular flexibility index (Phi) is 3.83. The normalized spacial score (nSPS) is 26.0. The minimum Gasteiger partial charge on any atom is -0.368 e. The second kappa shape index (κ2) is 5.80. The van der Waals surface area contributed by atoms with Crippen molar-refractivity contribution >= 4 is 27.3 Å². The van der Waals surface area contributed by atoms with Gasteiger partial charge in [0, 0.05) is 28.0 Å². The predicted octanol–water partition coefficient (Wildman–Crippen LogP) is 4.11. The van der Waals surface area contributed by atoms with Gasteiger partial charge in [-0.25, -0.2) is 4.98 Å². The van der Waals surface area contributed by atoms with E-state index in [0.717, 1.165) is 33.9 Å². The molecular weight excluding hydrogens is 348 g/mol. The lowest BCUT2D eigenvalue weighted by Crippen LogP contribution is -2.42. The Morgan fingerprint density at radius 1 is 1.33 bits per heavy atom. The van der Waals surface area contributed by atoms with Gasteiger partial charge in [-0.2, -0.15) is 0 Å². The average Bonchev–Trinajstić information content (AvgIpc) is 3.16. The summed E-state index contributed by atoms with van der Waals surface area (Å²) in [7, 11) is 0. The highest BCUT2D eigenvalue weighted by Crippen LogP contribution is 2.34. The molecule has 2 aliphatic rings. The van der Waals surface area contributed by atoms with Crippen molar-refractivity contribution < 1.29 is 4.74 Å². The van der Waals surface area contributed by atoms with Crippen molar-refractivity contribution in [3.8, 4) is 11.3 Å². The van der Waals surface area contributed by atoms with Crippen LogP contribution in [0.3, 0.4) is 0 Å². The second-order valence-corrected chi connectivity index (χ2v) is 7.41. The molecule has 2 aromatic rings. The molecule has 110 valence electrons. The average molecular weight is 365 g/mol. The number of aromatic nitrogens is 1. The van der Waals surface area contributed by atoms with Crippen LogP contribution in [0, 0.1) is 0 Å². The first kappa shape index (κ1) is 13.9. The number of hydrogen-bond acceptors (Lipinski definition) is 4. The smallest absolute Gasteiger partial charge is 0.124 e. The third kappa shape index (κ3) is 2.68. The highest BCUT2D eigenvalue weighted by Gasteiger charge is 2.34. The van der Waals surface area contributed by atoms with E-state index < -0.39 is 0 Å². The third-order valence-corrected chi connectivity index (χ3v) is 5.96. The lowest BCUT2D eigenvalue weighted by atomic mass is 10.2. The van der Waals surface area contributed by atoms with E-state index in [-0.39, 0.29) is 6.10 Å². The standard InChI is InChI=1S/C16H17BrN2OS/c17-13-6-2-1-5-12(13)14-10-21-16(18-14)15-8-19-7-3-4-11(19)9-20-15/h1-2,5-6,10-11,15H,3-4,7-9H2. The van der Waals surface area contributed by atoms with Gasteiger partial charge >= 0.3 is 0 Å². The highest BCUT2D eigenvalue weighted by molar-refractivity contribution is 9.10. The van der Waals surface area contributed by atoms with Gasteiger partial charge in [-0.05, 0) is 25.5 Å². The molecule has 4 rings (SSSR count). The van der Waals surface area contributed by atoms with Crippen LogP contribution in [0.25, 0.3) is 11.3 Å². The van der Waals surface area contributed by atoms with E-state index in [1.165, 1.54) is 19.4 Å². The summed E-state index contributed by atoms with van der Waals surface area (Å²) in [5, 5.41) is 3.24. The summed E-state index contributed by atoms with van der Waals surface area (Å²) >= 11 is 5.31. The zero-order valence-electron chi connectivity index (χ0n) is 11.7. The minimum atomic E-state index is 0.139. The van der Waals surface area contributed by atoms with Crippen LogP contribution in [0.5, 0.6) is 0 Å². The van der Waals surface area contributed by atoms with E-state index >= 15 is 0 Å². The number of benzene rings is 1. The minimum absolute atomic E-state index is 0.139. The summed E-state index contributed by atoms with van der Waals surface area (Å²) in [6, 6.07) is 8.87. The first-order valence-electron chi connectivity index (χ1n) is 7.37. The van der Waals surface area contributed by atoms with Gasteiger partial charge in [0.2, 0.25) is 0 Å². The Labute approximate surface area is 137 Å². The summed E-state index contributed by atoms with van der Waals surface area (Å²) < 4.78 is 7.14. The van der Waals surface area contributed by atoms with Crippen molar-refractivity contribution in [1.29, 1.82) is 0 Å². The van der Waals surface area contributed by atoms with Gasteiger partial charge in [0.15, 0.2) is 0 Å². The summed E-state index contributed by atoms with van der Waals surface area (Å²) in [4.78, 5) is 7.38. The van der Waals surface area contributed by atoms with Gasteiger partial charge < -0.3 is 4.74 Å². The fourth-order valence-corrected chi connectivity index (χ4v) is 4.54. The first-order valence-corrected chi connectivity index (χ1v) is 9.04. The van der Waals surface area contributed by atoms with E-state index in [1.54, 1.807) is 11.3 Å². The van der Waals surface area contributed by atoms with Gasteiger partial charge in [-0.15, -0.1) is 11.3 Å². The molecule has 2 atom stereocenters. The van der Waals surface area contributed by atoms with Crippen LogP contribution in [0.15, 0.2) is 34.1 Å². The fraction of sp³-hybridized carbons (Fsp3) is 0.438. The maximum Gasteiger partial charge on any atom is 0.124 e. The largest absolute Gasteiger partial charge is 0.368 e. The molecule has 2 aliphatic heterocycles. The molecular formula is C16H17BrN2OS. The third-order valence-electron chi connectivity index (χ3n) is 4.34. The number of thiazole rings is 1. The number of ether oxygens (including phenoxy) is 1. The zero-order chi connectivity index (χ0) is 14.2.